The molecule has 0 amide bonds. The molecule has 0 atom stereocenters. The molecule has 0 radical (unpaired) electrons. The largest absolute Gasteiger partial charge is 0.327 e. The summed E-state index contributed by atoms with van der Waals surface area (Å²) in [6, 6.07) is 0. The van der Waals surface area contributed by atoms with E-state index in [0.717, 1.165) is 12.1 Å². The van der Waals surface area contributed by atoms with Crippen molar-refractivity contribution in [3.8, 4) is 11.8 Å². The molecule has 1 rings (SSSR count). The van der Waals surface area contributed by atoms with Crippen molar-refractivity contribution in [2.45, 2.75) is 13.3 Å². The summed E-state index contributed by atoms with van der Waals surface area (Å²) in [5.74, 6) is 5.97. The predicted octanol–water partition coefficient (Wildman–Crippen LogP) is 1.18. The fourth-order valence-electron chi connectivity index (χ4n) is 0.657. The van der Waals surface area contributed by atoms with E-state index in [4.69, 9.17) is 0 Å². The summed E-state index contributed by atoms with van der Waals surface area (Å²) < 4.78 is 1.91. The zero-order chi connectivity index (χ0) is 7.40. The van der Waals surface area contributed by atoms with E-state index in [9.17, 15) is 0 Å². The van der Waals surface area contributed by atoms with Crippen LogP contribution in [0.25, 0.3) is 0 Å². The zero-order valence-corrected chi connectivity index (χ0v) is 6.26. The molecular formula is C8H10N2. The van der Waals surface area contributed by atoms with Crippen molar-refractivity contribution < 1.29 is 0 Å². The molecule has 0 unspecified atom stereocenters. The van der Waals surface area contributed by atoms with E-state index in [1.807, 2.05) is 18.5 Å². The van der Waals surface area contributed by atoms with Gasteiger partial charge in [-0.2, -0.15) is 0 Å². The molecule has 0 bridgehead atoms. The minimum Gasteiger partial charge on any atom is -0.327 e. The Balaban J connectivity index is 2.84. The van der Waals surface area contributed by atoms with Crippen LogP contribution in [0.1, 0.15) is 19.0 Å². The van der Waals surface area contributed by atoms with Gasteiger partial charge in [-0.3, -0.25) is 0 Å². The third kappa shape index (κ3) is 1.38. The Hall–Kier alpha value is -1.23. The lowest BCUT2D eigenvalue weighted by Gasteiger charge is -1.88. The van der Waals surface area contributed by atoms with Gasteiger partial charge < -0.3 is 4.57 Å². The summed E-state index contributed by atoms with van der Waals surface area (Å²) in [7, 11) is 1.94. The monoisotopic (exact) mass is 134 g/mol. The van der Waals surface area contributed by atoms with Crippen LogP contribution in [0.4, 0.5) is 0 Å². The molecule has 2 nitrogen and oxygen atoms in total. The van der Waals surface area contributed by atoms with E-state index >= 15 is 0 Å². The number of aromatic nitrogens is 2. The van der Waals surface area contributed by atoms with Crippen molar-refractivity contribution in [3.63, 3.8) is 0 Å². The standard InChI is InChI=1S/C8H10N2/c1-3-4-5-8-6-9-7-10(8)2/h6-7H,3H2,1-2H3. The minimum atomic E-state index is 0.894. The molecule has 0 aliphatic rings. The molecule has 1 aromatic heterocycles. The van der Waals surface area contributed by atoms with E-state index < -0.39 is 0 Å². The molecule has 0 saturated heterocycles. The molecule has 0 aliphatic heterocycles. The van der Waals surface area contributed by atoms with Gasteiger partial charge in [-0.25, -0.2) is 4.98 Å². The highest BCUT2D eigenvalue weighted by Crippen LogP contribution is 1.91. The average molecular weight is 134 g/mol. The third-order valence-corrected chi connectivity index (χ3v) is 1.21. The number of hydrogen-bond donors (Lipinski definition) is 0. The van der Waals surface area contributed by atoms with Gasteiger partial charge in [0.2, 0.25) is 0 Å². The second-order valence-electron chi connectivity index (χ2n) is 2.05. The van der Waals surface area contributed by atoms with Crippen LogP contribution in [0.15, 0.2) is 12.5 Å². The van der Waals surface area contributed by atoms with Crippen LogP contribution >= 0.6 is 0 Å². The molecule has 10 heavy (non-hydrogen) atoms. The van der Waals surface area contributed by atoms with Crippen LogP contribution in [0, 0.1) is 11.8 Å². The van der Waals surface area contributed by atoms with Crippen LogP contribution in [0.3, 0.4) is 0 Å². The van der Waals surface area contributed by atoms with E-state index in [1.54, 1.807) is 12.5 Å². The van der Waals surface area contributed by atoms with Crippen molar-refractivity contribution in [1.29, 1.82) is 0 Å². The number of nitrogens with zero attached hydrogens (tertiary/aromatic N) is 2. The Kier molecular flexibility index (Phi) is 2.11. The predicted molar refractivity (Wildman–Crippen MR) is 40.4 cm³/mol. The quantitative estimate of drug-likeness (QED) is 0.487. The minimum absolute atomic E-state index is 0.894. The van der Waals surface area contributed by atoms with Crippen LogP contribution in [-0.4, -0.2) is 9.55 Å². The maximum atomic E-state index is 3.94. The van der Waals surface area contributed by atoms with E-state index in [-0.39, 0.29) is 0 Å². The molecule has 0 fully saturated rings. The summed E-state index contributed by atoms with van der Waals surface area (Å²) in [4.78, 5) is 3.94. The normalized spacial score (nSPS) is 8.60. The molecule has 1 aromatic rings. The van der Waals surface area contributed by atoms with Crippen molar-refractivity contribution in [1.82, 2.24) is 9.55 Å². The highest BCUT2D eigenvalue weighted by atomic mass is 15.0. The molecule has 0 aromatic carbocycles. The van der Waals surface area contributed by atoms with Gasteiger partial charge in [-0.15, -0.1) is 0 Å². The number of imidazole rings is 1. The number of rotatable bonds is 0. The number of hydrogen-bond acceptors (Lipinski definition) is 1. The second-order valence-corrected chi connectivity index (χ2v) is 2.05. The maximum Gasteiger partial charge on any atom is 0.111 e. The van der Waals surface area contributed by atoms with Crippen LogP contribution in [-0.2, 0) is 7.05 Å². The molecule has 52 valence electrons. The Labute approximate surface area is 60.9 Å². The SMILES string of the molecule is CCC#Cc1cncn1C. The molecule has 0 aliphatic carbocycles. The summed E-state index contributed by atoms with van der Waals surface area (Å²) in [5, 5.41) is 0. The van der Waals surface area contributed by atoms with Crippen LogP contribution in [0.2, 0.25) is 0 Å². The highest BCUT2D eigenvalue weighted by Gasteiger charge is 1.88. The molecule has 0 spiro atoms. The Morgan fingerprint density at radius 1 is 1.70 bits per heavy atom. The fraction of sp³-hybridized carbons (Fsp3) is 0.375. The first-order valence-electron chi connectivity index (χ1n) is 3.29. The smallest absolute Gasteiger partial charge is 0.111 e. The molecule has 0 N–H and O–H groups in total. The van der Waals surface area contributed by atoms with Gasteiger partial charge in [0.05, 0.1) is 12.5 Å². The third-order valence-electron chi connectivity index (χ3n) is 1.21. The van der Waals surface area contributed by atoms with E-state index in [0.29, 0.717) is 0 Å². The topological polar surface area (TPSA) is 17.8 Å². The lowest BCUT2D eigenvalue weighted by atomic mass is 10.4. The van der Waals surface area contributed by atoms with Crippen molar-refractivity contribution >= 4 is 0 Å². The van der Waals surface area contributed by atoms with Gasteiger partial charge in [0.1, 0.15) is 5.69 Å². The van der Waals surface area contributed by atoms with Gasteiger partial charge >= 0.3 is 0 Å². The zero-order valence-electron chi connectivity index (χ0n) is 6.26. The van der Waals surface area contributed by atoms with Crippen molar-refractivity contribution in [2.24, 2.45) is 7.05 Å². The van der Waals surface area contributed by atoms with Gasteiger partial charge in [0.25, 0.3) is 0 Å². The average Bonchev–Trinajstić information content (AvgIpc) is 2.31. The maximum absolute atomic E-state index is 3.94. The number of aryl methyl sites for hydroxylation is 1. The molecule has 1 heterocycles. The Bertz CT molecular complexity index is 262. The summed E-state index contributed by atoms with van der Waals surface area (Å²) in [5.41, 5.74) is 0.974. The first-order valence-corrected chi connectivity index (χ1v) is 3.29. The second kappa shape index (κ2) is 3.07. The van der Waals surface area contributed by atoms with Crippen molar-refractivity contribution in [2.75, 3.05) is 0 Å². The Morgan fingerprint density at radius 3 is 3.00 bits per heavy atom. The summed E-state index contributed by atoms with van der Waals surface area (Å²) >= 11 is 0. The van der Waals surface area contributed by atoms with E-state index in [1.165, 1.54) is 0 Å². The summed E-state index contributed by atoms with van der Waals surface area (Å²) in [6.07, 6.45) is 4.41. The fourth-order valence-corrected chi connectivity index (χ4v) is 0.657. The van der Waals surface area contributed by atoms with Gasteiger partial charge in [0.15, 0.2) is 0 Å². The van der Waals surface area contributed by atoms with Gasteiger partial charge in [-0.1, -0.05) is 12.8 Å². The lowest BCUT2D eigenvalue weighted by Crippen LogP contribution is -1.87. The van der Waals surface area contributed by atoms with Gasteiger partial charge in [0, 0.05) is 13.5 Å². The van der Waals surface area contributed by atoms with Gasteiger partial charge in [-0.05, 0) is 5.92 Å². The molecule has 0 saturated carbocycles. The lowest BCUT2D eigenvalue weighted by molar-refractivity contribution is 0.899. The summed E-state index contributed by atoms with van der Waals surface area (Å²) in [6.45, 7) is 2.03. The van der Waals surface area contributed by atoms with Crippen molar-refractivity contribution in [3.05, 3.63) is 18.2 Å². The Morgan fingerprint density at radius 2 is 2.50 bits per heavy atom. The molecular weight excluding hydrogens is 124 g/mol. The van der Waals surface area contributed by atoms with E-state index in [2.05, 4.69) is 16.8 Å². The first-order chi connectivity index (χ1) is 4.84. The highest BCUT2D eigenvalue weighted by molar-refractivity contribution is 5.25. The van der Waals surface area contributed by atoms with Crippen LogP contribution < -0.4 is 0 Å². The first kappa shape index (κ1) is 6.88. The molecule has 2 heteroatoms. The van der Waals surface area contributed by atoms with Crippen LogP contribution in [0.5, 0.6) is 0 Å².